The number of hydrogen-bond acceptors (Lipinski definition) is 2. The van der Waals surface area contributed by atoms with E-state index < -0.39 is 0 Å². The molecule has 2 heteroatoms. The molecule has 0 bridgehead atoms. The standard InChI is InChI=1S/C11H26N2/c1-5-7-11(2)10-12-8-6-9-13(3)4/h11-12H,5-10H2,1-4H3/t11-/m0/s1. The molecule has 80 valence electrons. The van der Waals surface area contributed by atoms with E-state index >= 15 is 0 Å². The minimum absolute atomic E-state index is 0.837. The Morgan fingerprint density at radius 1 is 1.31 bits per heavy atom. The molecule has 0 aliphatic carbocycles. The molecular formula is C11H26N2. The molecule has 0 saturated carbocycles. The Balaban J connectivity index is 3.06. The first-order chi connectivity index (χ1) is 6.16. The van der Waals surface area contributed by atoms with Crippen molar-refractivity contribution in [1.82, 2.24) is 10.2 Å². The van der Waals surface area contributed by atoms with E-state index in [1.54, 1.807) is 0 Å². The van der Waals surface area contributed by atoms with Gasteiger partial charge < -0.3 is 10.2 Å². The monoisotopic (exact) mass is 186 g/mol. The lowest BCUT2D eigenvalue weighted by Crippen LogP contribution is -2.25. The van der Waals surface area contributed by atoms with E-state index in [2.05, 4.69) is 38.2 Å². The second-order valence-electron chi connectivity index (χ2n) is 4.25. The summed E-state index contributed by atoms with van der Waals surface area (Å²) in [5.41, 5.74) is 0. The Morgan fingerprint density at radius 2 is 2.00 bits per heavy atom. The van der Waals surface area contributed by atoms with E-state index in [1.807, 2.05) is 0 Å². The lowest BCUT2D eigenvalue weighted by molar-refractivity contribution is 0.387. The highest BCUT2D eigenvalue weighted by Crippen LogP contribution is 2.02. The maximum atomic E-state index is 3.50. The zero-order valence-corrected chi connectivity index (χ0v) is 9.77. The van der Waals surface area contributed by atoms with Crippen LogP contribution in [0, 0.1) is 5.92 Å². The maximum absolute atomic E-state index is 3.50. The molecule has 13 heavy (non-hydrogen) atoms. The van der Waals surface area contributed by atoms with Crippen molar-refractivity contribution in [3.8, 4) is 0 Å². The van der Waals surface area contributed by atoms with Crippen molar-refractivity contribution < 1.29 is 0 Å². The first-order valence-electron chi connectivity index (χ1n) is 5.52. The minimum Gasteiger partial charge on any atom is -0.316 e. The third-order valence-corrected chi connectivity index (χ3v) is 2.23. The van der Waals surface area contributed by atoms with Gasteiger partial charge in [0.25, 0.3) is 0 Å². The molecule has 1 atom stereocenters. The van der Waals surface area contributed by atoms with Crippen LogP contribution >= 0.6 is 0 Å². The quantitative estimate of drug-likeness (QED) is 0.583. The van der Waals surface area contributed by atoms with Crippen LogP contribution in [0.3, 0.4) is 0 Å². The van der Waals surface area contributed by atoms with Gasteiger partial charge in [-0.05, 0) is 52.5 Å². The van der Waals surface area contributed by atoms with Crippen LogP contribution in [0.5, 0.6) is 0 Å². The largest absolute Gasteiger partial charge is 0.316 e. The molecule has 0 aliphatic heterocycles. The minimum atomic E-state index is 0.837. The first kappa shape index (κ1) is 12.9. The van der Waals surface area contributed by atoms with E-state index in [-0.39, 0.29) is 0 Å². The maximum Gasteiger partial charge on any atom is -0.00127 e. The van der Waals surface area contributed by atoms with Crippen molar-refractivity contribution in [2.24, 2.45) is 5.92 Å². The Bertz CT molecular complexity index is 102. The van der Waals surface area contributed by atoms with Crippen LogP contribution in [0.1, 0.15) is 33.1 Å². The van der Waals surface area contributed by atoms with Crippen LogP contribution in [-0.2, 0) is 0 Å². The van der Waals surface area contributed by atoms with Crippen molar-refractivity contribution in [1.29, 1.82) is 0 Å². The van der Waals surface area contributed by atoms with Crippen LogP contribution in [0.2, 0.25) is 0 Å². The molecule has 0 aromatic heterocycles. The van der Waals surface area contributed by atoms with Gasteiger partial charge in [0.1, 0.15) is 0 Å². The average Bonchev–Trinajstić information content (AvgIpc) is 2.03. The molecule has 0 saturated heterocycles. The number of nitrogens with zero attached hydrogens (tertiary/aromatic N) is 1. The molecule has 1 N–H and O–H groups in total. The smallest absolute Gasteiger partial charge is 0.00127 e. The molecule has 0 heterocycles. The molecule has 0 aromatic rings. The molecular weight excluding hydrogens is 160 g/mol. The van der Waals surface area contributed by atoms with E-state index in [1.165, 1.54) is 32.4 Å². The van der Waals surface area contributed by atoms with Gasteiger partial charge in [-0.2, -0.15) is 0 Å². The summed E-state index contributed by atoms with van der Waals surface area (Å²) in [4.78, 5) is 2.23. The van der Waals surface area contributed by atoms with E-state index in [9.17, 15) is 0 Å². The molecule has 0 aromatic carbocycles. The predicted molar refractivity (Wildman–Crippen MR) is 60.1 cm³/mol. The molecule has 0 amide bonds. The van der Waals surface area contributed by atoms with Crippen LogP contribution in [0.15, 0.2) is 0 Å². The Labute approximate surface area is 83.7 Å². The summed E-state index contributed by atoms with van der Waals surface area (Å²) in [6.45, 7) is 8.10. The highest BCUT2D eigenvalue weighted by molar-refractivity contribution is 4.57. The Hall–Kier alpha value is -0.0800. The van der Waals surface area contributed by atoms with Crippen LogP contribution < -0.4 is 5.32 Å². The summed E-state index contributed by atoms with van der Waals surface area (Å²) in [6.07, 6.45) is 3.91. The molecule has 0 fully saturated rings. The summed E-state index contributed by atoms with van der Waals surface area (Å²) in [7, 11) is 4.25. The lowest BCUT2D eigenvalue weighted by atomic mass is 10.1. The number of rotatable bonds is 8. The predicted octanol–water partition coefficient (Wildman–Crippen LogP) is 1.96. The van der Waals surface area contributed by atoms with Gasteiger partial charge >= 0.3 is 0 Å². The van der Waals surface area contributed by atoms with Gasteiger partial charge in [-0.15, -0.1) is 0 Å². The van der Waals surface area contributed by atoms with E-state index in [0.717, 1.165) is 12.5 Å². The number of hydrogen-bond donors (Lipinski definition) is 1. The second-order valence-corrected chi connectivity index (χ2v) is 4.25. The van der Waals surface area contributed by atoms with Crippen molar-refractivity contribution in [2.75, 3.05) is 33.7 Å². The summed E-state index contributed by atoms with van der Waals surface area (Å²) in [5.74, 6) is 0.837. The van der Waals surface area contributed by atoms with Crippen LogP contribution in [0.25, 0.3) is 0 Å². The first-order valence-corrected chi connectivity index (χ1v) is 5.52. The van der Waals surface area contributed by atoms with Gasteiger partial charge in [-0.3, -0.25) is 0 Å². The van der Waals surface area contributed by atoms with Crippen molar-refractivity contribution in [2.45, 2.75) is 33.1 Å². The van der Waals surface area contributed by atoms with Gasteiger partial charge in [-0.25, -0.2) is 0 Å². The summed E-state index contributed by atoms with van der Waals surface area (Å²) in [6, 6.07) is 0. The molecule has 0 rings (SSSR count). The average molecular weight is 186 g/mol. The highest BCUT2D eigenvalue weighted by atomic mass is 15.0. The fourth-order valence-electron chi connectivity index (χ4n) is 1.46. The topological polar surface area (TPSA) is 15.3 Å². The molecule has 2 nitrogen and oxygen atoms in total. The van der Waals surface area contributed by atoms with Gasteiger partial charge in [-0.1, -0.05) is 20.3 Å². The van der Waals surface area contributed by atoms with Crippen molar-refractivity contribution in [3.05, 3.63) is 0 Å². The molecule has 0 radical (unpaired) electrons. The third-order valence-electron chi connectivity index (χ3n) is 2.23. The van der Waals surface area contributed by atoms with Gasteiger partial charge in [0.05, 0.1) is 0 Å². The summed E-state index contributed by atoms with van der Waals surface area (Å²) < 4.78 is 0. The normalized spacial score (nSPS) is 13.6. The zero-order valence-electron chi connectivity index (χ0n) is 9.77. The second kappa shape index (κ2) is 8.52. The van der Waals surface area contributed by atoms with Gasteiger partial charge in [0, 0.05) is 0 Å². The van der Waals surface area contributed by atoms with E-state index in [4.69, 9.17) is 0 Å². The zero-order chi connectivity index (χ0) is 10.1. The van der Waals surface area contributed by atoms with Gasteiger partial charge in [0.15, 0.2) is 0 Å². The van der Waals surface area contributed by atoms with Crippen molar-refractivity contribution >= 4 is 0 Å². The summed E-state index contributed by atoms with van der Waals surface area (Å²) in [5, 5.41) is 3.50. The fraction of sp³-hybridized carbons (Fsp3) is 1.00. The molecule has 0 aliphatic rings. The molecule has 0 unspecified atom stereocenters. The fourth-order valence-corrected chi connectivity index (χ4v) is 1.46. The van der Waals surface area contributed by atoms with Gasteiger partial charge in [0.2, 0.25) is 0 Å². The lowest BCUT2D eigenvalue weighted by Gasteiger charge is -2.12. The SMILES string of the molecule is CCC[C@H](C)CNCCCN(C)C. The highest BCUT2D eigenvalue weighted by Gasteiger charge is 1.98. The molecule has 0 spiro atoms. The Morgan fingerprint density at radius 3 is 2.54 bits per heavy atom. The van der Waals surface area contributed by atoms with Crippen LogP contribution in [0.4, 0.5) is 0 Å². The third kappa shape index (κ3) is 9.84. The number of nitrogens with one attached hydrogen (secondary N) is 1. The van der Waals surface area contributed by atoms with E-state index in [0.29, 0.717) is 0 Å². The van der Waals surface area contributed by atoms with Crippen molar-refractivity contribution in [3.63, 3.8) is 0 Å². The Kier molecular flexibility index (Phi) is 8.46. The van der Waals surface area contributed by atoms with Crippen LogP contribution in [-0.4, -0.2) is 38.6 Å². The summed E-state index contributed by atoms with van der Waals surface area (Å²) >= 11 is 0.